The standard InChI is InChI=1S/C24H25N5O4S/c1-17-21(16-26-29(17)23-12-9-19-5-3-4-6-22(19)28-23)24(30)25-15-18-7-10-20(11-8-18)34(31,32)27-13-14-33-2/h3-12,16,27H,13-15H2,1-2H3,(H,25,30). The maximum absolute atomic E-state index is 12.8. The highest BCUT2D eigenvalue weighted by Crippen LogP contribution is 2.17. The van der Waals surface area contributed by atoms with E-state index in [4.69, 9.17) is 4.74 Å². The highest BCUT2D eigenvalue weighted by molar-refractivity contribution is 7.89. The molecule has 2 aromatic carbocycles. The Labute approximate surface area is 197 Å². The van der Waals surface area contributed by atoms with E-state index in [1.807, 2.05) is 43.3 Å². The van der Waals surface area contributed by atoms with Crippen molar-refractivity contribution >= 4 is 26.8 Å². The van der Waals surface area contributed by atoms with Crippen molar-refractivity contribution in [2.75, 3.05) is 20.3 Å². The quantitative estimate of drug-likeness (QED) is 0.357. The number of sulfonamides is 1. The van der Waals surface area contributed by atoms with Gasteiger partial charge in [-0.3, -0.25) is 4.79 Å². The molecule has 10 heteroatoms. The normalized spacial score (nSPS) is 11.6. The fourth-order valence-corrected chi connectivity index (χ4v) is 4.48. The number of para-hydroxylation sites is 1. The average molecular weight is 480 g/mol. The second-order valence-electron chi connectivity index (χ2n) is 7.63. The molecule has 0 aliphatic rings. The van der Waals surface area contributed by atoms with E-state index in [2.05, 4.69) is 20.1 Å². The van der Waals surface area contributed by atoms with Crippen LogP contribution in [0.4, 0.5) is 0 Å². The van der Waals surface area contributed by atoms with Gasteiger partial charge in [0.25, 0.3) is 5.91 Å². The number of amides is 1. The van der Waals surface area contributed by atoms with Crippen LogP contribution in [0.2, 0.25) is 0 Å². The highest BCUT2D eigenvalue weighted by atomic mass is 32.2. The van der Waals surface area contributed by atoms with Gasteiger partial charge in [0.05, 0.1) is 34.5 Å². The zero-order valence-electron chi connectivity index (χ0n) is 18.9. The van der Waals surface area contributed by atoms with E-state index in [1.54, 1.807) is 16.8 Å². The number of ether oxygens (including phenoxy) is 1. The molecule has 176 valence electrons. The van der Waals surface area contributed by atoms with Gasteiger partial charge in [-0.05, 0) is 42.8 Å². The zero-order valence-corrected chi connectivity index (χ0v) is 19.7. The second-order valence-corrected chi connectivity index (χ2v) is 9.40. The number of pyridine rings is 1. The van der Waals surface area contributed by atoms with Crippen LogP contribution in [0.15, 0.2) is 71.8 Å². The van der Waals surface area contributed by atoms with E-state index < -0.39 is 10.0 Å². The van der Waals surface area contributed by atoms with Crippen molar-refractivity contribution in [2.45, 2.75) is 18.4 Å². The van der Waals surface area contributed by atoms with Gasteiger partial charge in [0.1, 0.15) is 0 Å². The SMILES string of the molecule is COCCNS(=O)(=O)c1ccc(CNC(=O)c2cnn(-c3ccc4ccccc4n3)c2C)cc1. The maximum atomic E-state index is 12.8. The minimum Gasteiger partial charge on any atom is -0.383 e. The van der Waals surface area contributed by atoms with Crippen LogP contribution in [0.3, 0.4) is 0 Å². The zero-order chi connectivity index (χ0) is 24.1. The number of carbonyl (C=O) groups excluding carboxylic acids is 1. The van der Waals surface area contributed by atoms with Crippen LogP contribution in [0.5, 0.6) is 0 Å². The number of rotatable bonds is 9. The number of benzene rings is 2. The van der Waals surface area contributed by atoms with Crippen LogP contribution in [0.25, 0.3) is 16.7 Å². The van der Waals surface area contributed by atoms with E-state index >= 15 is 0 Å². The van der Waals surface area contributed by atoms with Crippen molar-refractivity contribution in [2.24, 2.45) is 0 Å². The lowest BCUT2D eigenvalue weighted by Gasteiger charge is -2.09. The molecule has 0 fully saturated rings. The summed E-state index contributed by atoms with van der Waals surface area (Å²) in [5, 5.41) is 8.23. The Balaban J connectivity index is 1.42. The van der Waals surface area contributed by atoms with Gasteiger partial charge in [-0.1, -0.05) is 30.3 Å². The first-order chi connectivity index (χ1) is 16.4. The summed E-state index contributed by atoms with van der Waals surface area (Å²) in [7, 11) is -2.10. The Morgan fingerprint density at radius 1 is 1.06 bits per heavy atom. The molecule has 9 nitrogen and oxygen atoms in total. The number of carbonyl (C=O) groups is 1. The first kappa shape index (κ1) is 23.6. The Kier molecular flexibility index (Phi) is 7.01. The summed E-state index contributed by atoms with van der Waals surface area (Å²) in [4.78, 5) is 17.5. The van der Waals surface area contributed by atoms with Gasteiger partial charge >= 0.3 is 0 Å². The molecular formula is C24H25N5O4S. The number of fused-ring (bicyclic) bond motifs is 1. The van der Waals surface area contributed by atoms with Gasteiger partial charge in [0.2, 0.25) is 10.0 Å². The summed E-state index contributed by atoms with van der Waals surface area (Å²) in [5.74, 6) is 0.355. The largest absolute Gasteiger partial charge is 0.383 e. The lowest BCUT2D eigenvalue weighted by Crippen LogP contribution is -2.27. The van der Waals surface area contributed by atoms with Gasteiger partial charge in [-0.25, -0.2) is 22.8 Å². The number of hydrogen-bond acceptors (Lipinski definition) is 6. The molecule has 1 amide bonds. The van der Waals surface area contributed by atoms with Crippen molar-refractivity contribution in [3.63, 3.8) is 0 Å². The van der Waals surface area contributed by atoms with Crippen molar-refractivity contribution in [1.29, 1.82) is 0 Å². The first-order valence-electron chi connectivity index (χ1n) is 10.7. The molecule has 2 heterocycles. The van der Waals surface area contributed by atoms with Crippen LogP contribution in [-0.2, 0) is 21.3 Å². The third kappa shape index (κ3) is 5.14. The molecular weight excluding hydrogens is 454 g/mol. The van der Waals surface area contributed by atoms with Gasteiger partial charge in [0, 0.05) is 25.6 Å². The molecule has 2 N–H and O–H groups in total. The smallest absolute Gasteiger partial charge is 0.255 e. The monoisotopic (exact) mass is 479 g/mol. The molecule has 0 unspecified atom stereocenters. The number of methoxy groups -OCH3 is 1. The summed E-state index contributed by atoms with van der Waals surface area (Å²) in [6.45, 7) is 2.54. The number of aromatic nitrogens is 3. The topological polar surface area (TPSA) is 115 Å². The average Bonchev–Trinajstić information content (AvgIpc) is 3.24. The summed E-state index contributed by atoms with van der Waals surface area (Å²) >= 11 is 0. The Morgan fingerprint density at radius 2 is 1.82 bits per heavy atom. The van der Waals surface area contributed by atoms with Crippen LogP contribution >= 0.6 is 0 Å². The predicted octanol–water partition coefficient (Wildman–Crippen LogP) is 2.58. The first-order valence-corrected chi connectivity index (χ1v) is 12.1. The fourth-order valence-electron chi connectivity index (χ4n) is 3.46. The van der Waals surface area contributed by atoms with Crippen molar-refractivity contribution < 1.29 is 17.9 Å². The van der Waals surface area contributed by atoms with E-state index in [-0.39, 0.29) is 30.5 Å². The minimum atomic E-state index is -3.60. The summed E-state index contributed by atoms with van der Waals surface area (Å²) < 4.78 is 33.5. The van der Waals surface area contributed by atoms with Gasteiger partial charge in [-0.15, -0.1) is 0 Å². The molecule has 4 rings (SSSR count). The molecule has 0 spiro atoms. The third-order valence-corrected chi connectivity index (χ3v) is 6.82. The lowest BCUT2D eigenvalue weighted by molar-refractivity contribution is 0.0950. The van der Waals surface area contributed by atoms with Crippen LogP contribution in [0.1, 0.15) is 21.6 Å². The minimum absolute atomic E-state index is 0.152. The Bertz CT molecular complexity index is 1420. The van der Waals surface area contributed by atoms with Crippen molar-refractivity contribution in [3.8, 4) is 5.82 Å². The van der Waals surface area contributed by atoms with Crippen LogP contribution in [-0.4, -0.2) is 49.4 Å². The maximum Gasteiger partial charge on any atom is 0.255 e. The van der Waals surface area contributed by atoms with Crippen molar-refractivity contribution in [1.82, 2.24) is 24.8 Å². The molecule has 0 atom stereocenters. The molecule has 0 saturated heterocycles. The van der Waals surface area contributed by atoms with E-state index in [0.29, 0.717) is 17.1 Å². The van der Waals surface area contributed by atoms with Crippen LogP contribution < -0.4 is 10.0 Å². The van der Waals surface area contributed by atoms with Gasteiger partial charge in [-0.2, -0.15) is 5.10 Å². The van der Waals surface area contributed by atoms with E-state index in [9.17, 15) is 13.2 Å². The Hall–Kier alpha value is -3.60. The number of hydrogen-bond donors (Lipinski definition) is 2. The molecule has 34 heavy (non-hydrogen) atoms. The summed E-state index contributed by atoms with van der Waals surface area (Å²) in [5.41, 5.74) is 2.73. The van der Waals surface area contributed by atoms with Crippen molar-refractivity contribution in [3.05, 3.63) is 83.7 Å². The highest BCUT2D eigenvalue weighted by Gasteiger charge is 2.17. The Morgan fingerprint density at radius 3 is 2.59 bits per heavy atom. The molecule has 2 aromatic heterocycles. The van der Waals surface area contributed by atoms with Gasteiger partial charge < -0.3 is 10.1 Å². The van der Waals surface area contributed by atoms with Crippen LogP contribution in [0, 0.1) is 6.92 Å². The van der Waals surface area contributed by atoms with E-state index in [0.717, 1.165) is 16.5 Å². The number of nitrogens with zero attached hydrogens (tertiary/aromatic N) is 3. The molecule has 0 aliphatic carbocycles. The van der Waals surface area contributed by atoms with E-state index in [1.165, 1.54) is 25.4 Å². The fraction of sp³-hybridized carbons (Fsp3) is 0.208. The van der Waals surface area contributed by atoms with Gasteiger partial charge in [0.15, 0.2) is 5.82 Å². The lowest BCUT2D eigenvalue weighted by atomic mass is 10.2. The summed E-state index contributed by atoms with van der Waals surface area (Å²) in [6, 6.07) is 18.0. The molecule has 0 saturated carbocycles. The number of nitrogens with one attached hydrogen (secondary N) is 2. The summed E-state index contributed by atoms with van der Waals surface area (Å²) in [6.07, 6.45) is 1.52. The second kappa shape index (κ2) is 10.1. The molecule has 0 bridgehead atoms. The molecule has 0 aliphatic heterocycles. The third-order valence-electron chi connectivity index (χ3n) is 5.34. The molecule has 4 aromatic rings. The predicted molar refractivity (Wildman–Crippen MR) is 128 cm³/mol. The molecule has 0 radical (unpaired) electrons.